The van der Waals surface area contributed by atoms with Crippen molar-refractivity contribution in [3.63, 3.8) is 0 Å². The Labute approximate surface area is 206 Å². The highest BCUT2D eigenvalue weighted by molar-refractivity contribution is 6.04. The van der Waals surface area contributed by atoms with Crippen LogP contribution in [0.2, 0.25) is 0 Å². The van der Waals surface area contributed by atoms with Gasteiger partial charge in [0.2, 0.25) is 5.91 Å². The van der Waals surface area contributed by atoms with Gasteiger partial charge in [-0.2, -0.15) is 5.26 Å². The number of nitrogen functional groups attached to an aromatic ring is 1. The van der Waals surface area contributed by atoms with Gasteiger partial charge in [0.05, 0.1) is 17.7 Å². The molecule has 1 saturated heterocycles. The number of aromatic nitrogens is 4. The minimum atomic E-state index is -0.356. The third-order valence-electron chi connectivity index (χ3n) is 6.17. The molecule has 1 aromatic carbocycles. The van der Waals surface area contributed by atoms with Gasteiger partial charge in [0.15, 0.2) is 0 Å². The maximum absolute atomic E-state index is 12.7. The van der Waals surface area contributed by atoms with Crippen molar-refractivity contribution in [1.82, 2.24) is 24.3 Å². The number of hydrogen-bond donors (Lipinski definition) is 2. The molecule has 1 unspecified atom stereocenters. The summed E-state index contributed by atoms with van der Waals surface area (Å²) in [5.41, 5.74) is 9.07. The highest BCUT2D eigenvalue weighted by Crippen LogP contribution is 2.36. The molecular weight excluding hydrogens is 456 g/mol. The molecule has 2 amide bonds. The molecule has 36 heavy (non-hydrogen) atoms. The number of carbonyl (C=O) groups excluding carboxylic acids is 2. The molecule has 0 bridgehead atoms. The quantitative estimate of drug-likeness (QED) is 0.419. The first-order valence-corrected chi connectivity index (χ1v) is 11.3. The summed E-state index contributed by atoms with van der Waals surface area (Å²) in [4.78, 5) is 40.1. The van der Waals surface area contributed by atoms with Crippen LogP contribution >= 0.6 is 0 Å². The number of amides is 2. The SMILES string of the molecule is C=CC(=O)N1CCCC1c1nc(-c2ccc(C(=O)Nc3cc(C#N)ccn3)cc2)c2c(N)nccn12. The second-order valence-corrected chi connectivity index (χ2v) is 8.32. The number of carbonyl (C=O) groups is 2. The summed E-state index contributed by atoms with van der Waals surface area (Å²) in [5, 5.41) is 11.7. The van der Waals surface area contributed by atoms with Crippen molar-refractivity contribution < 1.29 is 9.59 Å². The number of nitrogens with one attached hydrogen (secondary N) is 1. The van der Waals surface area contributed by atoms with Crippen LogP contribution in [0, 0.1) is 11.3 Å². The molecular formula is C26H22N8O2. The van der Waals surface area contributed by atoms with Crippen LogP contribution in [-0.2, 0) is 4.79 Å². The average Bonchev–Trinajstić information content (AvgIpc) is 3.54. The molecule has 0 aliphatic carbocycles. The molecule has 1 fully saturated rings. The summed E-state index contributed by atoms with van der Waals surface area (Å²) in [5.74, 6) is 0.818. The fourth-order valence-corrected chi connectivity index (χ4v) is 4.48. The zero-order valence-corrected chi connectivity index (χ0v) is 19.3. The number of nitrogens with zero attached hydrogens (tertiary/aromatic N) is 6. The number of benzene rings is 1. The molecule has 10 heteroatoms. The fraction of sp³-hybridized carbons (Fsp3) is 0.154. The Bertz CT molecular complexity index is 1530. The molecule has 3 N–H and O–H groups in total. The lowest BCUT2D eigenvalue weighted by Gasteiger charge is -2.22. The van der Waals surface area contributed by atoms with Gasteiger partial charge in [0.1, 0.15) is 28.7 Å². The van der Waals surface area contributed by atoms with E-state index < -0.39 is 0 Å². The van der Waals surface area contributed by atoms with Crippen LogP contribution < -0.4 is 11.1 Å². The van der Waals surface area contributed by atoms with Gasteiger partial charge in [-0.1, -0.05) is 18.7 Å². The molecule has 1 aliphatic rings. The van der Waals surface area contributed by atoms with Crippen molar-refractivity contribution in [3.05, 3.63) is 84.6 Å². The number of pyridine rings is 1. The lowest BCUT2D eigenvalue weighted by Crippen LogP contribution is -2.29. The van der Waals surface area contributed by atoms with E-state index in [1.807, 2.05) is 10.5 Å². The molecule has 1 aliphatic heterocycles. The normalized spacial score (nSPS) is 15.0. The van der Waals surface area contributed by atoms with E-state index in [2.05, 4.69) is 21.9 Å². The van der Waals surface area contributed by atoms with Crippen LogP contribution in [0.5, 0.6) is 0 Å². The zero-order valence-electron chi connectivity index (χ0n) is 19.3. The molecule has 4 heterocycles. The molecule has 0 saturated carbocycles. The monoisotopic (exact) mass is 478 g/mol. The van der Waals surface area contributed by atoms with Gasteiger partial charge in [-0.15, -0.1) is 0 Å². The zero-order chi connectivity index (χ0) is 25.2. The number of anilines is 2. The number of fused-ring (bicyclic) bond motifs is 1. The summed E-state index contributed by atoms with van der Waals surface area (Å²) in [6.07, 6.45) is 7.82. The van der Waals surface area contributed by atoms with Crippen LogP contribution in [-0.4, -0.2) is 42.6 Å². The van der Waals surface area contributed by atoms with Crippen molar-refractivity contribution in [1.29, 1.82) is 5.26 Å². The molecule has 3 aromatic heterocycles. The third kappa shape index (κ3) is 4.03. The standard InChI is InChI=1S/C26H22N8O2/c1-2-21(35)33-12-3-4-19(33)25-32-22(23-24(28)30-11-13-34(23)25)17-5-7-18(8-6-17)26(36)31-20-14-16(15-27)9-10-29-20/h2,5-11,13-14,19H,1,3-4,12H2,(H2,28,30)(H,29,31,36). The largest absolute Gasteiger partial charge is 0.382 e. The van der Waals surface area contributed by atoms with Gasteiger partial charge in [-0.05, 0) is 43.2 Å². The molecule has 0 spiro atoms. The van der Waals surface area contributed by atoms with Crippen LogP contribution in [0.15, 0.2) is 67.6 Å². The Morgan fingerprint density at radius 2 is 2.00 bits per heavy atom. The highest BCUT2D eigenvalue weighted by atomic mass is 16.2. The van der Waals surface area contributed by atoms with E-state index in [0.717, 1.165) is 18.4 Å². The maximum atomic E-state index is 12.7. The van der Waals surface area contributed by atoms with Crippen molar-refractivity contribution in [2.24, 2.45) is 0 Å². The predicted molar refractivity (Wildman–Crippen MR) is 134 cm³/mol. The summed E-state index contributed by atoms with van der Waals surface area (Å²) >= 11 is 0. The van der Waals surface area contributed by atoms with Gasteiger partial charge in [-0.25, -0.2) is 15.0 Å². The first kappa shape index (κ1) is 22.7. The van der Waals surface area contributed by atoms with Crippen molar-refractivity contribution in [2.75, 3.05) is 17.6 Å². The molecule has 4 aromatic rings. The summed E-state index contributed by atoms with van der Waals surface area (Å²) in [6.45, 7) is 4.26. The number of nitriles is 1. The van der Waals surface area contributed by atoms with Crippen molar-refractivity contribution in [3.8, 4) is 17.3 Å². The van der Waals surface area contributed by atoms with E-state index in [0.29, 0.717) is 46.3 Å². The number of likely N-dealkylation sites (tertiary alicyclic amines) is 1. The van der Waals surface area contributed by atoms with Gasteiger partial charge >= 0.3 is 0 Å². The summed E-state index contributed by atoms with van der Waals surface area (Å²) in [6, 6.07) is 11.8. The Morgan fingerprint density at radius 1 is 1.19 bits per heavy atom. The second kappa shape index (κ2) is 9.31. The Kier molecular flexibility index (Phi) is 5.88. The average molecular weight is 479 g/mol. The maximum Gasteiger partial charge on any atom is 0.256 e. The first-order chi connectivity index (χ1) is 17.5. The Hall–Kier alpha value is -5.04. The molecule has 1 atom stereocenters. The van der Waals surface area contributed by atoms with Gasteiger partial charge in [0, 0.05) is 36.3 Å². The topological polar surface area (TPSA) is 142 Å². The molecule has 10 nitrogen and oxygen atoms in total. The third-order valence-corrected chi connectivity index (χ3v) is 6.17. The fourth-order valence-electron chi connectivity index (χ4n) is 4.48. The van der Waals surface area contributed by atoms with E-state index >= 15 is 0 Å². The van der Waals surface area contributed by atoms with Crippen LogP contribution in [0.3, 0.4) is 0 Å². The predicted octanol–water partition coefficient (Wildman–Crippen LogP) is 3.35. The minimum absolute atomic E-state index is 0.136. The number of imidazole rings is 1. The lowest BCUT2D eigenvalue weighted by molar-refractivity contribution is -0.127. The summed E-state index contributed by atoms with van der Waals surface area (Å²) in [7, 11) is 0. The van der Waals surface area contributed by atoms with E-state index in [9.17, 15) is 9.59 Å². The molecule has 0 radical (unpaired) electrons. The minimum Gasteiger partial charge on any atom is -0.382 e. The van der Waals surface area contributed by atoms with E-state index in [4.69, 9.17) is 16.0 Å². The van der Waals surface area contributed by atoms with Gasteiger partial charge in [0.25, 0.3) is 5.91 Å². The van der Waals surface area contributed by atoms with Gasteiger partial charge in [-0.3, -0.25) is 14.0 Å². The smallest absolute Gasteiger partial charge is 0.256 e. The van der Waals surface area contributed by atoms with Gasteiger partial charge < -0.3 is 16.0 Å². The van der Waals surface area contributed by atoms with E-state index in [1.54, 1.807) is 47.6 Å². The van der Waals surface area contributed by atoms with Crippen LogP contribution in [0.25, 0.3) is 16.8 Å². The Balaban J connectivity index is 1.48. The van der Waals surface area contributed by atoms with Crippen molar-refractivity contribution in [2.45, 2.75) is 18.9 Å². The summed E-state index contributed by atoms with van der Waals surface area (Å²) < 4.78 is 1.88. The van der Waals surface area contributed by atoms with Crippen LogP contribution in [0.4, 0.5) is 11.6 Å². The van der Waals surface area contributed by atoms with E-state index in [1.165, 1.54) is 18.3 Å². The van der Waals surface area contributed by atoms with Crippen molar-refractivity contribution >= 4 is 29.0 Å². The molecule has 5 rings (SSSR count). The number of nitrogens with two attached hydrogens (primary N) is 1. The second-order valence-electron chi connectivity index (χ2n) is 8.32. The molecule has 178 valence electrons. The number of rotatable bonds is 5. The number of hydrogen-bond acceptors (Lipinski definition) is 7. The van der Waals surface area contributed by atoms with E-state index in [-0.39, 0.29) is 17.9 Å². The highest BCUT2D eigenvalue weighted by Gasteiger charge is 2.33. The Morgan fingerprint density at radius 3 is 2.75 bits per heavy atom. The first-order valence-electron chi connectivity index (χ1n) is 11.3. The lowest BCUT2D eigenvalue weighted by atomic mass is 10.1. The van der Waals surface area contributed by atoms with Crippen LogP contribution in [0.1, 0.15) is 40.6 Å².